The Labute approximate surface area is 152 Å². The zero-order chi connectivity index (χ0) is 18.9. The lowest BCUT2D eigenvalue weighted by molar-refractivity contribution is -0.145. The number of methoxy groups -OCH3 is 2. The van der Waals surface area contributed by atoms with Crippen LogP contribution in [0.25, 0.3) is 0 Å². The maximum absolute atomic E-state index is 13.2. The first-order chi connectivity index (χ1) is 12.4. The fraction of sp³-hybridized carbons (Fsp3) is 0.316. The molecular weight excluding hydrogens is 356 g/mol. The predicted octanol–water partition coefficient (Wildman–Crippen LogP) is 2.35. The van der Waals surface area contributed by atoms with E-state index in [1.807, 2.05) is 0 Å². The molecule has 0 bridgehead atoms. The minimum Gasteiger partial charge on any atom is -0.497 e. The number of hydrogen-bond donors (Lipinski definition) is 1. The van der Waals surface area contributed by atoms with Crippen molar-refractivity contribution in [1.82, 2.24) is 0 Å². The van der Waals surface area contributed by atoms with E-state index in [1.54, 1.807) is 42.5 Å². The second-order valence-corrected chi connectivity index (χ2v) is 8.38. The fourth-order valence-electron chi connectivity index (χ4n) is 3.63. The van der Waals surface area contributed by atoms with E-state index in [4.69, 9.17) is 9.47 Å². The lowest BCUT2D eigenvalue weighted by atomic mass is 10.00. The van der Waals surface area contributed by atoms with Crippen molar-refractivity contribution >= 4 is 15.8 Å². The van der Waals surface area contributed by atoms with Crippen LogP contribution < -0.4 is 4.74 Å². The molecule has 0 saturated heterocycles. The summed E-state index contributed by atoms with van der Waals surface area (Å²) in [7, 11) is -0.941. The SMILES string of the molecule is COC[C@@]1(C(=O)O)[C@H](S(=O)(=O)c2ccccc2)[C@@H]1c1ccc(OC)cc1. The van der Waals surface area contributed by atoms with Gasteiger partial charge in [-0.3, -0.25) is 4.79 Å². The first-order valence-electron chi connectivity index (χ1n) is 8.05. The smallest absolute Gasteiger partial charge is 0.314 e. The number of sulfone groups is 1. The molecule has 2 aromatic carbocycles. The van der Waals surface area contributed by atoms with Crippen molar-refractivity contribution in [3.63, 3.8) is 0 Å². The van der Waals surface area contributed by atoms with Gasteiger partial charge in [0.25, 0.3) is 0 Å². The van der Waals surface area contributed by atoms with Gasteiger partial charge in [0.2, 0.25) is 0 Å². The Morgan fingerprint density at radius 1 is 1.08 bits per heavy atom. The van der Waals surface area contributed by atoms with E-state index < -0.39 is 32.4 Å². The van der Waals surface area contributed by atoms with Gasteiger partial charge in [-0.05, 0) is 29.8 Å². The summed E-state index contributed by atoms with van der Waals surface area (Å²) in [6.07, 6.45) is 0. The molecule has 0 aliphatic heterocycles. The normalized spacial score (nSPS) is 24.8. The highest BCUT2D eigenvalue weighted by atomic mass is 32.2. The van der Waals surface area contributed by atoms with Crippen molar-refractivity contribution in [3.05, 3.63) is 60.2 Å². The van der Waals surface area contributed by atoms with Gasteiger partial charge in [-0.25, -0.2) is 8.42 Å². The highest BCUT2D eigenvalue weighted by Gasteiger charge is 2.76. The van der Waals surface area contributed by atoms with Crippen LogP contribution in [0.15, 0.2) is 59.5 Å². The van der Waals surface area contributed by atoms with Crippen molar-refractivity contribution in [2.24, 2.45) is 5.41 Å². The molecular formula is C19H20O6S. The average molecular weight is 376 g/mol. The van der Waals surface area contributed by atoms with Crippen LogP contribution in [0.5, 0.6) is 5.75 Å². The molecule has 2 aromatic rings. The molecule has 1 aliphatic carbocycles. The Morgan fingerprint density at radius 3 is 2.19 bits per heavy atom. The van der Waals surface area contributed by atoms with E-state index in [2.05, 4.69) is 0 Å². The van der Waals surface area contributed by atoms with E-state index in [9.17, 15) is 18.3 Å². The summed E-state index contributed by atoms with van der Waals surface area (Å²) in [5.74, 6) is -1.26. The summed E-state index contributed by atoms with van der Waals surface area (Å²) in [5.41, 5.74) is -0.882. The Hall–Kier alpha value is -2.38. The molecule has 7 heteroatoms. The van der Waals surface area contributed by atoms with Crippen LogP contribution in [0.1, 0.15) is 11.5 Å². The molecule has 1 aliphatic rings. The minimum atomic E-state index is -3.85. The van der Waals surface area contributed by atoms with Crippen molar-refractivity contribution < 1.29 is 27.8 Å². The van der Waals surface area contributed by atoms with Crippen LogP contribution in [-0.2, 0) is 19.4 Å². The number of benzene rings is 2. The fourth-order valence-corrected chi connectivity index (χ4v) is 6.01. The molecule has 1 saturated carbocycles. The van der Waals surface area contributed by atoms with Gasteiger partial charge in [0.1, 0.15) is 11.2 Å². The van der Waals surface area contributed by atoms with E-state index in [1.165, 1.54) is 26.4 Å². The molecule has 138 valence electrons. The molecule has 1 fully saturated rings. The van der Waals surface area contributed by atoms with Crippen LogP contribution in [-0.4, -0.2) is 45.6 Å². The first kappa shape index (κ1) is 18.4. The van der Waals surface area contributed by atoms with Crippen molar-refractivity contribution in [2.75, 3.05) is 20.8 Å². The van der Waals surface area contributed by atoms with Gasteiger partial charge in [0.15, 0.2) is 9.84 Å². The monoisotopic (exact) mass is 376 g/mol. The molecule has 0 amide bonds. The number of carboxylic acid groups (broad SMARTS) is 1. The Morgan fingerprint density at radius 2 is 1.69 bits per heavy atom. The van der Waals surface area contributed by atoms with Crippen LogP contribution in [0.2, 0.25) is 0 Å². The van der Waals surface area contributed by atoms with E-state index >= 15 is 0 Å². The van der Waals surface area contributed by atoms with Gasteiger partial charge in [0, 0.05) is 13.0 Å². The Kier molecular flexibility index (Phi) is 4.77. The van der Waals surface area contributed by atoms with E-state index in [-0.39, 0.29) is 11.5 Å². The second kappa shape index (κ2) is 6.74. The zero-order valence-corrected chi connectivity index (χ0v) is 15.3. The van der Waals surface area contributed by atoms with Gasteiger partial charge in [-0.2, -0.15) is 0 Å². The van der Waals surface area contributed by atoms with Crippen LogP contribution in [0.4, 0.5) is 0 Å². The largest absolute Gasteiger partial charge is 0.497 e. The Balaban J connectivity index is 2.09. The summed E-state index contributed by atoms with van der Waals surface area (Å²) in [6, 6.07) is 14.7. The van der Waals surface area contributed by atoms with Crippen molar-refractivity contribution in [2.45, 2.75) is 16.1 Å². The summed E-state index contributed by atoms with van der Waals surface area (Å²) < 4.78 is 36.5. The average Bonchev–Trinajstić information content (AvgIpc) is 3.34. The summed E-state index contributed by atoms with van der Waals surface area (Å²) in [4.78, 5) is 12.2. The number of hydrogen-bond acceptors (Lipinski definition) is 5. The van der Waals surface area contributed by atoms with Gasteiger partial charge >= 0.3 is 5.97 Å². The predicted molar refractivity (Wildman–Crippen MR) is 95.1 cm³/mol. The summed E-state index contributed by atoms with van der Waals surface area (Å²) in [5, 5.41) is 8.78. The molecule has 3 atom stereocenters. The molecule has 0 heterocycles. The van der Waals surface area contributed by atoms with E-state index in [0.717, 1.165) is 0 Å². The van der Waals surface area contributed by atoms with Crippen LogP contribution in [0.3, 0.4) is 0 Å². The first-order valence-corrected chi connectivity index (χ1v) is 9.59. The number of carbonyl (C=O) groups is 1. The van der Waals surface area contributed by atoms with Gasteiger partial charge < -0.3 is 14.6 Å². The Bertz CT molecular complexity index is 891. The third-order valence-corrected chi connectivity index (χ3v) is 7.21. The molecule has 1 N–H and O–H groups in total. The van der Waals surface area contributed by atoms with E-state index in [0.29, 0.717) is 11.3 Å². The quantitative estimate of drug-likeness (QED) is 0.798. The minimum absolute atomic E-state index is 0.114. The maximum atomic E-state index is 13.2. The van der Waals surface area contributed by atoms with Crippen molar-refractivity contribution in [1.29, 1.82) is 0 Å². The van der Waals surface area contributed by atoms with Crippen LogP contribution >= 0.6 is 0 Å². The van der Waals surface area contributed by atoms with Crippen LogP contribution in [0, 0.1) is 5.41 Å². The molecule has 6 nitrogen and oxygen atoms in total. The highest BCUT2D eigenvalue weighted by Crippen LogP contribution is 2.64. The standard InChI is InChI=1S/C19H20O6S/c1-24-12-19(18(20)21)16(13-8-10-14(25-2)11-9-13)17(19)26(22,23)15-6-4-3-5-7-15/h3-11,16-17H,12H2,1-2H3,(H,20,21)/t16-,17+,19-/m0/s1. The lowest BCUT2D eigenvalue weighted by Crippen LogP contribution is -2.28. The molecule has 0 radical (unpaired) electrons. The third-order valence-electron chi connectivity index (χ3n) is 4.92. The number of ether oxygens (including phenoxy) is 2. The third kappa shape index (κ3) is 2.77. The zero-order valence-electron chi connectivity index (χ0n) is 14.5. The molecule has 3 rings (SSSR count). The number of rotatable bonds is 7. The van der Waals surface area contributed by atoms with Gasteiger partial charge in [0.05, 0.1) is 23.9 Å². The number of aliphatic carboxylic acids is 1. The van der Waals surface area contributed by atoms with Gasteiger partial charge in [-0.1, -0.05) is 30.3 Å². The molecule has 0 spiro atoms. The van der Waals surface area contributed by atoms with Gasteiger partial charge in [-0.15, -0.1) is 0 Å². The summed E-state index contributed by atoms with van der Waals surface area (Å²) in [6.45, 7) is -0.185. The molecule has 0 aromatic heterocycles. The maximum Gasteiger partial charge on any atom is 0.314 e. The molecule has 26 heavy (non-hydrogen) atoms. The highest BCUT2D eigenvalue weighted by molar-refractivity contribution is 7.92. The van der Waals surface area contributed by atoms with Crippen molar-refractivity contribution in [3.8, 4) is 5.75 Å². The summed E-state index contributed by atoms with van der Waals surface area (Å²) >= 11 is 0. The molecule has 0 unspecified atom stereocenters. The number of carboxylic acids is 1. The topological polar surface area (TPSA) is 89.9 Å². The second-order valence-electron chi connectivity index (χ2n) is 6.31. The lowest BCUT2D eigenvalue weighted by Gasteiger charge is -2.12.